The Morgan fingerprint density at radius 3 is 2.47 bits per heavy atom. The van der Waals surface area contributed by atoms with Gasteiger partial charge in [0.1, 0.15) is 5.75 Å². The third-order valence-electron chi connectivity index (χ3n) is 5.61. The number of hydrogen-bond acceptors (Lipinski definition) is 4. The Labute approximate surface area is 190 Å². The van der Waals surface area contributed by atoms with E-state index in [1.54, 1.807) is 24.3 Å². The van der Waals surface area contributed by atoms with Gasteiger partial charge in [-0.25, -0.2) is 0 Å². The summed E-state index contributed by atoms with van der Waals surface area (Å²) < 4.78 is 11.5. The van der Waals surface area contributed by atoms with E-state index in [0.29, 0.717) is 30.0 Å². The number of hydrogen-bond donors (Lipinski definition) is 2. The van der Waals surface area contributed by atoms with Crippen LogP contribution in [0.2, 0.25) is 0 Å². The molecule has 2 amide bonds. The fourth-order valence-electron chi connectivity index (χ4n) is 3.63. The highest BCUT2D eigenvalue weighted by atomic mass is 16.5. The molecule has 0 spiro atoms. The topological polar surface area (TPSA) is 76.7 Å². The lowest BCUT2D eigenvalue weighted by molar-refractivity contribution is -0.122. The second-order valence-electron chi connectivity index (χ2n) is 9.17. The van der Waals surface area contributed by atoms with Crippen molar-refractivity contribution in [1.29, 1.82) is 0 Å². The number of para-hydroxylation sites is 1. The molecule has 172 valence electrons. The number of nitrogens with one attached hydrogen (secondary N) is 2. The number of amides is 2. The normalized spacial score (nSPS) is 16.9. The second-order valence-corrected chi connectivity index (χ2v) is 9.17. The van der Waals surface area contributed by atoms with Crippen LogP contribution in [-0.2, 0) is 14.9 Å². The zero-order valence-electron chi connectivity index (χ0n) is 19.4. The SMILES string of the molecule is CC[C@@H](Oc1ccc(C(C)(C)C)cc1)C(=O)Nc1ccccc1C(=O)NC[C@H]1CCCO1. The molecule has 2 aromatic rings. The molecule has 1 saturated heterocycles. The van der Waals surface area contributed by atoms with E-state index in [4.69, 9.17) is 9.47 Å². The molecule has 0 unspecified atom stereocenters. The van der Waals surface area contributed by atoms with Crippen LogP contribution in [0.15, 0.2) is 48.5 Å². The highest BCUT2D eigenvalue weighted by Gasteiger charge is 2.22. The Hall–Kier alpha value is -2.86. The predicted octanol–water partition coefficient (Wildman–Crippen LogP) is 4.69. The molecule has 1 aliphatic rings. The van der Waals surface area contributed by atoms with Crippen molar-refractivity contribution in [3.8, 4) is 5.75 Å². The summed E-state index contributed by atoms with van der Waals surface area (Å²) in [4.78, 5) is 25.6. The molecular formula is C26H34N2O4. The van der Waals surface area contributed by atoms with Crippen LogP contribution in [0.3, 0.4) is 0 Å². The Bertz CT molecular complexity index is 912. The van der Waals surface area contributed by atoms with Gasteiger partial charge in [-0.1, -0.05) is 52.0 Å². The lowest BCUT2D eigenvalue weighted by Crippen LogP contribution is -2.35. The monoisotopic (exact) mass is 438 g/mol. The summed E-state index contributed by atoms with van der Waals surface area (Å²) in [6.45, 7) is 9.56. The smallest absolute Gasteiger partial charge is 0.265 e. The van der Waals surface area contributed by atoms with Crippen LogP contribution in [0.1, 0.15) is 62.9 Å². The zero-order chi connectivity index (χ0) is 23.1. The van der Waals surface area contributed by atoms with Gasteiger partial charge in [-0.3, -0.25) is 9.59 Å². The van der Waals surface area contributed by atoms with Crippen LogP contribution in [0.5, 0.6) is 5.75 Å². The Morgan fingerprint density at radius 1 is 1.12 bits per heavy atom. The fraction of sp³-hybridized carbons (Fsp3) is 0.462. The van der Waals surface area contributed by atoms with E-state index >= 15 is 0 Å². The van der Waals surface area contributed by atoms with E-state index in [-0.39, 0.29) is 23.3 Å². The van der Waals surface area contributed by atoms with Crippen LogP contribution in [-0.4, -0.2) is 37.2 Å². The summed E-state index contributed by atoms with van der Waals surface area (Å²) in [6.07, 6.45) is 1.86. The molecular weight excluding hydrogens is 404 g/mol. The van der Waals surface area contributed by atoms with Crippen LogP contribution in [0, 0.1) is 0 Å². The van der Waals surface area contributed by atoms with Crippen molar-refractivity contribution in [1.82, 2.24) is 5.32 Å². The van der Waals surface area contributed by atoms with Gasteiger partial charge in [0, 0.05) is 13.2 Å². The summed E-state index contributed by atoms with van der Waals surface area (Å²) >= 11 is 0. The maximum absolute atomic E-state index is 12.9. The van der Waals surface area contributed by atoms with E-state index in [1.165, 1.54) is 5.56 Å². The van der Waals surface area contributed by atoms with Gasteiger partial charge in [-0.05, 0) is 54.5 Å². The number of carbonyl (C=O) groups excluding carboxylic acids is 2. The average Bonchev–Trinajstić information content (AvgIpc) is 3.29. The zero-order valence-corrected chi connectivity index (χ0v) is 19.4. The number of rotatable bonds is 8. The largest absolute Gasteiger partial charge is 0.481 e. The van der Waals surface area contributed by atoms with Crippen molar-refractivity contribution in [3.05, 3.63) is 59.7 Å². The highest BCUT2D eigenvalue weighted by Crippen LogP contribution is 2.25. The summed E-state index contributed by atoms with van der Waals surface area (Å²) in [5.74, 6) is 0.123. The molecule has 32 heavy (non-hydrogen) atoms. The fourth-order valence-corrected chi connectivity index (χ4v) is 3.63. The Kier molecular flexibility index (Phi) is 7.91. The van der Waals surface area contributed by atoms with Gasteiger partial charge in [-0.15, -0.1) is 0 Å². The molecule has 1 heterocycles. The maximum Gasteiger partial charge on any atom is 0.265 e. The second kappa shape index (κ2) is 10.6. The van der Waals surface area contributed by atoms with Crippen molar-refractivity contribution in [3.63, 3.8) is 0 Å². The van der Waals surface area contributed by atoms with Gasteiger partial charge < -0.3 is 20.1 Å². The molecule has 2 N–H and O–H groups in total. The Morgan fingerprint density at radius 2 is 1.84 bits per heavy atom. The van der Waals surface area contributed by atoms with Gasteiger partial charge in [0.2, 0.25) is 0 Å². The first-order valence-corrected chi connectivity index (χ1v) is 11.3. The van der Waals surface area contributed by atoms with Gasteiger partial charge >= 0.3 is 0 Å². The van der Waals surface area contributed by atoms with Gasteiger partial charge in [0.25, 0.3) is 11.8 Å². The van der Waals surface area contributed by atoms with Crippen LogP contribution >= 0.6 is 0 Å². The predicted molar refractivity (Wildman–Crippen MR) is 126 cm³/mol. The van der Waals surface area contributed by atoms with Gasteiger partial charge in [0.05, 0.1) is 17.4 Å². The molecule has 3 rings (SSSR count). The highest BCUT2D eigenvalue weighted by molar-refractivity contribution is 6.04. The molecule has 6 heteroatoms. The number of ether oxygens (including phenoxy) is 2. The third kappa shape index (κ3) is 6.33. The van der Waals surface area contributed by atoms with Crippen LogP contribution in [0.25, 0.3) is 0 Å². The van der Waals surface area contributed by atoms with Gasteiger partial charge in [-0.2, -0.15) is 0 Å². The minimum absolute atomic E-state index is 0.0498. The summed E-state index contributed by atoms with van der Waals surface area (Å²) in [6, 6.07) is 14.8. The summed E-state index contributed by atoms with van der Waals surface area (Å²) in [5, 5.41) is 5.78. The minimum Gasteiger partial charge on any atom is -0.481 e. The van der Waals surface area contributed by atoms with E-state index in [9.17, 15) is 9.59 Å². The molecule has 6 nitrogen and oxygen atoms in total. The molecule has 1 aliphatic heterocycles. The molecule has 0 radical (unpaired) electrons. The molecule has 0 aliphatic carbocycles. The molecule has 2 aromatic carbocycles. The van der Waals surface area contributed by atoms with Crippen molar-refractivity contribution in [2.45, 2.75) is 64.6 Å². The number of anilines is 1. The summed E-state index contributed by atoms with van der Waals surface area (Å²) in [5.41, 5.74) is 2.13. The number of benzene rings is 2. The molecule has 0 bridgehead atoms. The van der Waals surface area contributed by atoms with E-state index < -0.39 is 6.10 Å². The van der Waals surface area contributed by atoms with E-state index in [0.717, 1.165) is 19.4 Å². The average molecular weight is 439 g/mol. The first-order valence-electron chi connectivity index (χ1n) is 11.3. The van der Waals surface area contributed by atoms with Crippen LogP contribution in [0.4, 0.5) is 5.69 Å². The van der Waals surface area contributed by atoms with E-state index in [2.05, 4.69) is 31.4 Å². The summed E-state index contributed by atoms with van der Waals surface area (Å²) in [7, 11) is 0. The third-order valence-corrected chi connectivity index (χ3v) is 5.61. The van der Waals surface area contributed by atoms with Crippen molar-refractivity contribution >= 4 is 17.5 Å². The van der Waals surface area contributed by atoms with Crippen molar-refractivity contribution < 1.29 is 19.1 Å². The van der Waals surface area contributed by atoms with Crippen molar-refractivity contribution in [2.24, 2.45) is 0 Å². The van der Waals surface area contributed by atoms with Crippen molar-refractivity contribution in [2.75, 3.05) is 18.5 Å². The van der Waals surface area contributed by atoms with Crippen LogP contribution < -0.4 is 15.4 Å². The molecule has 1 fully saturated rings. The maximum atomic E-state index is 12.9. The first-order chi connectivity index (χ1) is 15.3. The minimum atomic E-state index is -0.668. The first kappa shape index (κ1) is 23.8. The number of carbonyl (C=O) groups is 2. The van der Waals surface area contributed by atoms with Gasteiger partial charge in [0.15, 0.2) is 6.10 Å². The standard InChI is InChI=1S/C26H34N2O4/c1-5-23(32-19-14-12-18(13-15-19)26(2,3)4)25(30)28-22-11-7-6-10-21(22)24(29)27-17-20-9-8-16-31-20/h6-7,10-15,20,23H,5,8-9,16-17H2,1-4H3,(H,27,29)(H,28,30)/t20-,23-/m1/s1. The molecule has 0 saturated carbocycles. The lowest BCUT2D eigenvalue weighted by Gasteiger charge is -2.21. The molecule has 0 aromatic heterocycles. The molecule has 2 atom stereocenters. The Balaban J connectivity index is 1.64. The quantitative estimate of drug-likeness (QED) is 0.627. The van der Waals surface area contributed by atoms with E-state index in [1.807, 2.05) is 31.2 Å². The lowest BCUT2D eigenvalue weighted by atomic mass is 9.87.